The van der Waals surface area contributed by atoms with Gasteiger partial charge in [-0.15, -0.1) is 23.7 Å². The first-order valence-electron chi connectivity index (χ1n) is 8.62. The molecule has 0 amide bonds. The van der Waals surface area contributed by atoms with E-state index in [9.17, 15) is 0 Å². The number of hydrogen-bond donors (Lipinski definition) is 1. The van der Waals surface area contributed by atoms with Gasteiger partial charge in [-0.2, -0.15) is 0 Å². The molecular formula is C18H25ClN4S. The highest BCUT2D eigenvalue weighted by Crippen LogP contribution is 2.31. The van der Waals surface area contributed by atoms with Crippen molar-refractivity contribution in [2.75, 3.05) is 19.6 Å². The third kappa shape index (κ3) is 3.80. The molecule has 0 radical (unpaired) electrons. The fourth-order valence-corrected chi connectivity index (χ4v) is 4.99. The first kappa shape index (κ1) is 17.8. The number of nitrogens with zero attached hydrogens (tertiary/aromatic N) is 3. The number of fused-ring (bicyclic) bond motifs is 1. The van der Waals surface area contributed by atoms with Crippen LogP contribution in [0.25, 0.3) is 0 Å². The number of hydrogen-bond acceptors (Lipinski definition) is 5. The highest BCUT2D eigenvalue weighted by molar-refractivity contribution is 7.11. The van der Waals surface area contributed by atoms with Gasteiger partial charge in [-0.1, -0.05) is 6.92 Å². The van der Waals surface area contributed by atoms with Crippen LogP contribution in [0.2, 0.25) is 0 Å². The van der Waals surface area contributed by atoms with Crippen molar-refractivity contribution in [1.29, 1.82) is 0 Å². The molecule has 1 aliphatic carbocycles. The minimum atomic E-state index is 0. The summed E-state index contributed by atoms with van der Waals surface area (Å²) in [6, 6.07) is 4.70. The number of halogens is 1. The predicted octanol–water partition coefficient (Wildman–Crippen LogP) is 3.23. The Morgan fingerprint density at radius 3 is 3.00 bits per heavy atom. The first-order chi connectivity index (χ1) is 11.3. The average Bonchev–Trinajstić information content (AvgIpc) is 2.97. The molecule has 4 nitrogen and oxygen atoms in total. The summed E-state index contributed by atoms with van der Waals surface area (Å²) in [5.74, 6) is 0.819. The van der Waals surface area contributed by atoms with Crippen LogP contribution in [0.5, 0.6) is 0 Å². The van der Waals surface area contributed by atoms with Crippen LogP contribution in [0.15, 0.2) is 24.5 Å². The molecule has 4 rings (SSSR count). The van der Waals surface area contributed by atoms with Gasteiger partial charge in [0.15, 0.2) is 0 Å². The van der Waals surface area contributed by atoms with Crippen molar-refractivity contribution in [2.24, 2.45) is 5.92 Å². The molecule has 6 heteroatoms. The molecule has 0 aromatic carbocycles. The van der Waals surface area contributed by atoms with Crippen molar-refractivity contribution in [3.05, 3.63) is 45.7 Å². The monoisotopic (exact) mass is 364 g/mol. The fourth-order valence-electron chi connectivity index (χ4n) is 3.68. The maximum absolute atomic E-state index is 4.95. The number of piperazine rings is 1. The van der Waals surface area contributed by atoms with E-state index in [1.165, 1.54) is 40.4 Å². The zero-order valence-corrected chi connectivity index (χ0v) is 15.7. The second-order valence-corrected chi connectivity index (χ2v) is 7.96. The number of thiazole rings is 1. The molecule has 2 aromatic heterocycles. The van der Waals surface area contributed by atoms with E-state index in [4.69, 9.17) is 4.98 Å². The Bertz CT molecular complexity index is 660. The molecule has 2 aliphatic rings. The quantitative estimate of drug-likeness (QED) is 0.907. The van der Waals surface area contributed by atoms with Crippen LogP contribution in [-0.2, 0) is 19.4 Å². The third-order valence-electron chi connectivity index (χ3n) is 5.01. The van der Waals surface area contributed by atoms with Gasteiger partial charge in [-0.05, 0) is 42.9 Å². The lowest BCUT2D eigenvalue weighted by Gasteiger charge is -2.35. The third-order valence-corrected chi connectivity index (χ3v) is 6.12. The molecule has 0 saturated carbocycles. The van der Waals surface area contributed by atoms with Gasteiger partial charge in [0, 0.05) is 42.9 Å². The lowest BCUT2D eigenvalue weighted by Crippen LogP contribution is -2.45. The standard InChI is InChI=1S/C18H24N4S.ClH/c1-13-2-3-15-17(10-13)23-18(21-15)12-22-9-8-20-11-16(22)14-4-6-19-7-5-14;/h4-7,13,16,20H,2-3,8-12H2,1H3;1H. The summed E-state index contributed by atoms with van der Waals surface area (Å²) in [5.41, 5.74) is 2.72. The van der Waals surface area contributed by atoms with Crippen LogP contribution in [0.1, 0.15) is 40.5 Å². The number of rotatable bonds is 3. The average molecular weight is 365 g/mol. The Labute approximate surface area is 154 Å². The molecule has 1 N–H and O–H groups in total. The summed E-state index contributed by atoms with van der Waals surface area (Å²) < 4.78 is 0. The predicted molar refractivity (Wildman–Crippen MR) is 101 cm³/mol. The Kier molecular flexibility index (Phi) is 5.87. The van der Waals surface area contributed by atoms with Crippen molar-refractivity contribution in [3.63, 3.8) is 0 Å². The van der Waals surface area contributed by atoms with E-state index in [2.05, 4.69) is 34.3 Å². The molecule has 2 aromatic rings. The maximum atomic E-state index is 4.95. The number of pyridine rings is 1. The normalized spacial score (nSPS) is 24.2. The Morgan fingerprint density at radius 2 is 2.17 bits per heavy atom. The summed E-state index contributed by atoms with van der Waals surface area (Å²) in [5, 5.41) is 4.82. The molecule has 0 spiro atoms. The van der Waals surface area contributed by atoms with Crippen molar-refractivity contribution < 1.29 is 0 Å². The van der Waals surface area contributed by atoms with E-state index in [0.717, 1.165) is 32.1 Å². The highest BCUT2D eigenvalue weighted by atomic mass is 35.5. The van der Waals surface area contributed by atoms with Gasteiger partial charge in [0.05, 0.1) is 12.2 Å². The van der Waals surface area contributed by atoms with Crippen molar-refractivity contribution in [1.82, 2.24) is 20.2 Å². The topological polar surface area (TPSA) is 41.1 Å². The van der Waals surface area contributed by atoms with Crippen molar-refractivity contribution >= 4 is 23.7 Å². The Morgan fingerprint density at radius 1 is 1.33 bits per heavy atom. The lowest BCUT2D eigenvalue weighted by atomic mass is 9.93. The van der Waals surface area contributed by atoms with Crippen molar-refractivity contribution in [3.8, 4) is 0 Å². The number of nitrogens with one attached hydrogen (secondary N) is 1. The van der Waals surface area contributed by atoms with Crippen LogP contribution < -0.4 is 5.32 Å². The van der Waals surface area contributed by atoms with E-state index in [-0.39, 0.29) is 12.4 Å². The molecule has 1 fully saturated rings. The molecule has 0 bridgehead atoms. The van der Waals surface area contributed by atoms with E-state index in [1.54, 1.807) is 0 Å². The molecule has 2 unspecified atom stereocenters. The lowest BCUT2D eigenvalue weighted by molar-refractivity contribution is 0.153. The molecule has 1 saturated heterocycles. The number of aromatic nitrogens is 2. The van der Waals surface area contributed by atoms with Gasteiger partial charge in [0.2, 0.25) is 0 Å². The van der Waals surface area contributed by atoms with E-state index in [0.29, 0.717) is 6.04 Å². The second-order valence-electron chi connectivity index (χ2n) is 6.80. The summed E-state index contributed by atoms with van der Waals surface area (Å²) in [4.78, 5) is 13.2. The van der Waals surface area contributed by atoms with Crippen LogP contribution in [0.3, 0.4) is 0 Å². The Balaban J connectivity index is 0.00000169. The molecule has 3 heterocycles. The summed E-state index contributed by atoms with van der Waals surface area (Å²) in [6.45, 7) is 6.47. The maximum Gasteiger partial charge on any atom is 0.107 e. The summed E-state index contributed by atoms with van der Waals surface area (Å²) in [6.07, 6.45) is 7.48. The van der Waals surface area contributed by atoms with Gasteiger partial charge in [0.1, 0.15) is 5.01 Å². The van der Waals surface area contributed by atoms with Gasteiger partial charge >= 0.3 is 0 Å². The van der Waals surface area contributed by atoms with E-state index >= 15 is 0 Å². The minimum Gasteiger partial charge on any atom is -0.314 e. The largest absolute Gasteiger partial charge is 0.314 e. The first-order valence-corrected chi connectivity index (χ1v) is 9.43. The highest BCUT2D eigenvalue weighted by Gasteiger charge is 2.26. The van der Waals surface area contributed by atoms with Crippen molar-refractivity contribution in [2.45, 2.75) is 38.8 Å². The zero-order valence-electron chi connectivity index (χ0n) is 14.1. The minimum absolute atomic E-state index is 0. The van der Waals surface area contributed by atoms with E-state index in [1.807, 2.05) is 23.7 Å². The van der Waals surface area contributed by atoms with Gasteiger partial charge < -0.3 is 5.32 Å². The van der Waals surface area contributed by atoms with Crippen LogP contribution >= 0.6 is 23.7 Å². The second kappa shape index (κ2) is 7.91. The zero-order chi connectivity index (χ0) is 15.6. The Hall–Kier alpha value is -1.01. The van der Waals surface area contributed by atoms with Gasteiger partial charge in [-0.3, -0.25) is 9.88 Å². The smallest absolute Gasteiger partial charge is 0.107 e. The molecule has 2 atom stereocenters. The SMILES string of the molecule is CC1CCc2nc(CN3CCNCC3c3ccncc3)sc2C1.Cl. The molecule has 130 valence electrons. The molecule has 1 aliphatic heterocycles. The fraction of sp³-hybridized carbons (Fsp3) is 0.556. The molecule has 24 heavy (non-hydrogen) atoms. The summed E-state index contributed by atoms with van der Waals surface area (Å²) >= 11 is 1.94. The number of aryl methyl sites for hydroxylation is 1. The van der Waals surface area contributed by atoms with Crippen LogP contribution in [-0.4, -0.2) is 34.5 Å². The van der Waals surface area contributed by atoms with Crippen LogP contribution in [0.4, 0.5) is 0 Å². The summed E-state index contributed by atoms with van der Waals surface area (Å²) in [7, 11) is 0. The van der Waals surface area contributed by atoms with E-state index < -0.39 is 0 Å². The molecular weight excluding hydrogens is 340 g/mol. The van der Waals surface area contributed by atoms with Crippen LogP contribution in [0, 0.1) is 5.92 Å². The van der Waals surface area contributed by atoms with Gasteiger partial charge in [-0.25, -0.2) is 4.98 Å². The van der Waals surface area contributed by atoms with Gasteiger partial charge in [0.25, 0.3) is 0 Å².